The van der Waals surface area contributed by atoms with E-state index in [1.54, 1.807) is 6.20 Å². The van der Waals surface area contributed by atoms with Gasteiger partial charge in [-0.25, -0.2) is 15.0 Å². The molecule has 1 fully saturated rings. The molecular weight excluding hydrogens is 408 g/mol. The molecule has 10 nitrogen and oxygen atoms in total. The Kier molecular flexibility index (Phi) is 6.02. The molecular formula is C22H28N8O2. The van der Waals surface area contributed by atoms with Crippen LogP contribution in [0.25, 0.3) is 22.7 Å². The van der Waals surface area contributed by atoms with Crippen LogP contribution < -0.4 is 11.1 Å². The number of anilines is 1. The smallest absolute Gasteiger partial charge is 0.323 e. The standard InChI is InChI=1S/C22H28N8O2/c1-12(2)15-8-9-24-16(10-15)22-28-20-17(30(22)4)19(25-13(3)14-6-5-7-14)26-21(27-20)18(23)29-32-11-31/h8-14H,5-7H2,1-4H3,(H2,23,29)(H,25,26,27). The SMILES string of the molecule is CC(C)c1ccnc(-c2nc3nc(/C(N)=N/OC=O)nc(NC(C)C4CCC4)c3n2C)c1. The highest BCUT2D eigenvalue weighted by molar-refractivity contribution is 5.97. The Bertz CT molecular complexity index is 1170. The van der Waals surface area contributed by atoms with Gasteiger partial charge in [0.1, 0.15) is 11.2 Å². The van der Waals surface area contributed by atoms with Gasteiger partial charge in [0.15, 0.2) is 17.3 Å². The molecule has 1 saturated carbocycles. The van der Waals surface area contributed by atoms with Crippen LogP contribution in [-0.4, -0.2) is 42.9 Å². The van der Waals surface area contributed by atoms with E-state index in [2.05, 4.69) is 51.0 Å². The third-order valence-corrected chi connectivity index (χ3v) is 6.05. The Labute approximate surface area is 186 Å². The number of fused-ring (bicyclic) bond motifs is 1. The van der Waals surface area contributed by atoms with Gasteiger partial charge in [-0.1, -0.05) is 25.4 Å². The fourth-order valence-electron chi connectivity index (χ4n) is 3.88. The minimum atomic E-state index is -0.106. The van der Waals surface area contributed by atoms with E-state index in [0.29, 0.717) is 29.1 Å². The van der Waals surface area contributed by atoms with E-state index in [1.807, 2.05) is 23.7 Å². The van der Waals surface area contributed by atoms with Crippen LogP contribution >= 0.6 is 0 Å². The van der Waals surface area contributed by atoms with E-state index < -0.39 is 0 Å². The van der Waals surface area contributed by atoms with Crippen LogP contribution in [-0.2, 0) is 16.7 Å². The molecule has 32 heavy (non-hydrogen) atoms. The molecule has 0 saturated heterocycles. The number of oxime groups is 1. The summed E-state index contributed by atoms with van der Waals surface area (Å²) in [6, 6.07) is 4.27. The highest BCUT2D eigenvalue weighted by atomic mass is 16.7. The normalized spacial score (nSPS) is 15.6. The molecule has 10 heteroatoms. The van der Waals surface area contributed by atoms with Crippen LogP contribution in [0.15, 0.2) is 23.5 Å². The molecule has 0 aromatic carbocycles. The van der Waals surface area contributed by atoms with Gasteiger partial charge in [-0.15, -0.1) is 0 Å². The molecule has 3 aromatic heterocycles. The topological polar surface area (TPSA) is 133 Å². The van der Waals surface area contributed by atoms with Crippen molar-refractivity contribution in [2.45, 2.75) is 52.0 Å². The third-order valence-electron chi connectivity index (χ3n) is 6.05. The molecule has 1 aliphatic carbocycles. The summed E-state index contributed by atoms with van der Waals surface area (Å²) in [6.45, 7) is 6.61. The molecule has 0 spiro atoms. The van der Waals surface area contributed by atoms with Crippen molar-refractivity contribution in [2.75, 3.05) is 5.32 Å². The number of nitrogens with two attached hydrogens (primary N) is 1. The quantitative estimate of drug-likeness (QED) is 0.181. The van der Waals surface area contributed by atoms with Crippen LogP contribution in [0.2, 0.25) is 0 Å². The summed E-state index contributed by atoms with van der Waals surface area (Å²) >= 11 is 0. The van der Waals surface area contributed by atoms with E-state index in [9.17, 15) is 4.79 Å². The van der Waals surface area contributed by atoms with E-state index in [-0.39, 0.29) is 24.2 Å². The molecule has 3 aromatic rings. The number of aromatic nitrogens is 5. The van der Waals surface area contributed by atoms with Crippen LogP contribution in [0.3, 0.4) is 0 Å². The number of aryl methyl sites for hydroxylation is 1. The highest BCUT2D eigenvalue weighted by Crippen LogP contribution is 2.33. The number of carbonyl (C=O) groups excluding carboxylic acids is 1. The summed E-state index contributed by atoms with van der Waals surface area (Å²) < 4.78 is 1.94. The number of pyridine rings is 1. The summed E-state index contributed by atoms with van der Waals surface area (Å²) in [6.07, 6.45) is 5.42. The number of imidazole rings is 1. The fraction of sp³-hybridized carbons (Fsp3) is 0.455. The van der Waals surface area contributed by atoms with Gasteiger partial charge in [-0.2, -0.15) is 0 Å². The number of nitrogens with zero attached hydrogens (tertiary/aromatic N) is 6. The fourth-order valence-corrected chi connectivity index (χ4v) is 3.88. The predicted molar refractivity (Wildman–Crippen MR) is 122 cm³/mol. The van der Waals surface area contributed by atoms with Gasteiger partial charge in [0.05, 0.1) is 0 Å². The zero-order valence-corrected chi connectivity index (χ0v) is 18.7. The Morgan fingerprint density at radius 1 is 1.31 bits per heavy atom. The van der Waals surface area contributed by atoms with Gasteiger partial charge in [0.25, 0.3) is 0 Å². The van der Waals surface area contributed by atoms with Gasteiger partial charge in [0, 0.05) is 19.3 Å². The van der Waals surface area contributed by atoms with Crippen molar-refractivity contribution in [1.82, 2.24) is 24.5 Å². The molecule has 0 aliphatic heterocycles. The Balaban J connectivity index is 1.84. The van der Waals surface area contributed by atoms with Crippen molar-refractivity contribution in [1.29, 1.82) is 0 Å². The predicted octanol–water partition coefficient (Wildman–Crippen LogP) is 2.94. The largest absolute Gasteiger partial charge is 0.378 e. The number of carbonyl (C=O) groups is 1. The van der Waals surface area contributed by atoms with Gasteiger partial charge < -0.3 is 20.5 Å². The summed E-state index contributed by atoms with van der Waals surface area (Å²) in [5.74, 6) is 2.27. The molecule has 3 N–H and O–H groups in total. The maximum atomic E-state index is 10.5. The second-order valence-corrected chi connectivity index (χ2v) is 8.49. The van der Waals surface area contributed by atoms with E-state index in [1.165, 1.54) is 24.8 Å². The highest BCUT2D eigenvalue weighted by Gasteiger charge is 2.26. The van der Waals surface area contributed by atoms with Crippen molar-refractivity contribution in [2.24, 2.45) is 23.9 Å². The molecule has 0 radical (unpaired) electrons. The lowest BCUT2D eigenvalue weighted by molar-refractivity contribution is -0.128. The van der Waals surface area contributed by atoms with Crippen molar-refractivity contribution in [3.8, 4) is 11.5 Å². The average Bonchev–Trinajstić information content (AvgIpc) is 3.07. The summed E-state index contributed by atoms with van der Waals surface area (Å²) in [5.41, 5.74) is 9.07. The number of nitrogens with one attached hydrogen (secondary N) is 1. The van der Waals surface area contributed by atoms with Crippen molar-refractivity contribution >= 4 is 29.3 Å². The minimum absolute atomic E-state index is 0.106. The summed E-state index contributed by atoms with van der Waals surface area (Å²) in [4.78, 5) is 33.3. The summed E-state index contributed by atoms with van der Waals surface area (Å²) in [5, 5.41) is 7.07. The Morgan fingerprint density at radius 2 is 2.09 bits per heavy atom. The molecule has 4 rings (SSSR count). The van der Waals surface area contributed by atoms with Crippen LogP contribution in [0.1, 0.15) is 57.3 Å². The number of hydrogen-bond acceptors (Lipinski definition) is 8. The zero-order valence-electron chi connectivity index (χ0n) is 18.7. The molecule has 1 atom stereocenters. The third kappa shape index (κ3) is 4.12. The average molecular weight is 437 g/mol. The van der Waals surface area contributed by atoms with Crippen molar-refractivity contribution in [3.63, 3.8) is 0 Å². The molecule has 1 aliphatic rings. The van der Waals surface area contributed by atoms with Gasteiger partial charge in [-0.05, 0) is 49.3 Å². The molecule has 3 heterocycles. The number of rotatable bonds is 8. The van der Waals surface area contributed by atoms with Crippen molar-refractivity contribution < 1.29 is 9.63 Å². The first kappa shape index (κ1) is 21.7. The molecule has 0 amide bonds. The number of hydrogen-bond donors (Lipinski definition) is 2. The second-order valence-electron chi connectivity index (χ2n) is 8.49. The lowest BCUT2D eigenvalue weighted by Gasteiger charge is -2.32. The first-order valence-corrected chi connectivity index (χ1v) is 10.8. The van der Waals surface area contributed by atoms with Gasteiger partial charge in [0.2, 0.25) is 11.7 Å². The van der Waals surface area contributed by atoms with Crippen LogP contribution in [0, 0.1) is 5.92 Å². The minimum Gasteiger partial charge on any atom is -0.378 e. The Morgan fingerprint density at radius 3 is 2.75 bits per heavy atom. The lowest BCUT2D eigenvalue weighted by atomic mass is 9.80. The van der Waals surface area contributed by atoms with E-state index >= 15 is 0 Å². The lowest BCUT2D eigenvalue weighted by Crippen LogP contribution is -2.31. The van der Waals surface area contributed by atoms with Gasteiger partial charge >= 0.3 is 6.47 Å². The first-order chi connectivity index (χ1) is 15.4. The Hall–Kier alpha value is -3.56. The zero-order chi connectivity index (χ0) is 22.8. The molecule has 168 valence electrons. The maximum Gasteiger partial charge on any atom is 0.323 e. The van der Waals surface area contributed by atoms with Gasteiger partial charge in [-0.3, -0.25) is 9.78 Å². The van der Waals surface area contributed by atoms with Crippen molar-refractivity contribution in [3.05, 3.63) is 29.7 Å². The first-order valence-electron chi connectivity index (χ1n) is 10.8. The monoisotopic (exact) mass is 436 g/mol. The van der Waals surface area contributed by atoms with Crippen LogP contribution in [0.4, 0.5) is 5.82 Å². The summed E-state index contributed by atoms with van der Waals surface area (Å²) in [7, 11) is 1.92. The van der Waals surface area contributed by atoms with E-state index in [0.717, 1.165) is 11.2 Å². The van der Waals surface area contributed by atoms with E-state index in [4.69, 9.17) is 10.7 Å². The number of amidine groups is 1. The second kappa shape index (κ2) is 8.89. The molecule has 1 unspecified atom stereocenters. The van der Waals surface area contributed by atoms with Crippen LogP contribution in [0.5, 0.6) is 0 Å². The maximum absolute atomic E-state index is 10.5. The molecule has 0 bridgehead atoms.